The summed E-state index contributed by atoms with van der Waals surface area (Å²) in [5.41, 5.74) is -0.712. The smallest absolute Gasteiger partial charge is 0.326 e. The van der Waals surface area contributed by atoms with Crippen molar-refractivity contribution >= 4 is 28.8 Å². The van der Waals surface area contributed by atoms with E-state index in [2.05, 4.69) is 15.3 Å². The second-order valence-corrected chi connectivity index (χ2v) is 7.21. The molecule has 0 unspecified atom stereocenters. The molecule has 2 heterocycles. The molecule has 4 rings (SSSR count). The highest BCUT2D eigenvalue weighted by atomic mass is 16.5. The molecule has 1 saturated heterocycles. The van der Waals surface area contributed by atoms with E-state index in [1.54, 1.807) is 31.2 Å². The Hall–Kier alpha value is -3.23. The number of hydrogen-bond acceptors (Lipinski definition) is 6. The Kier molecular flexibility index (Phi) is 4.37. The Labute approximate surface area is 160 Å². The molecule has 2 aliphatic rings. The van der Waals surface area contributed by atoms with E-state index in [9.17, 15) is 19.2 Å². The van der Waals surface area contributed by atoms with Gasteiger partial charge in [-0.05, 0) is 31.9 Å². The van der Waals surface area contributed by atoms with Crippen molar-refractivity contribution in [3.8, 4) is 0 Å². The molecule has 1 aromatic carbocycles. The lowest BCUT2D eigenvalue weighted by atomic mass is 9.98. The van der Waals surface area contributed by atoms with E-state index in [4.69, 9.17) is 4.74 Å². The summed E-state index contributed by atoms with van der Waals surface area (Å²) >= 11 is 0. The maximum atomic E-state index is 12.6. The number of H-pyrrole nitrogens is 1. The lowest BCUT2D eigenvalue weighted by Crippen LogP contribution is -2.44. The number of fused-ring (bicyclic) bond motifs is 1. The minimum absolute atomic E-state index is 0.196. The number of aromatic nitrogens is 2. The highest BCUT2D eigenvalue weighted by Gasteiger charge is 2.52. The van der Waals surface area contributed by atoms with Crippen LogP contribution < -0.4 is 10.9 Å². The Morgan fingerprint density at radius 1 is 1.25 bits per heavy atom. The molecule has 1 aliphatic carbocycles. The van der Waals surface area contributed by atoms with Crippen LogP contribution in [0, 0.1) is 0 Å². The largest absolute Gasteiger partial charge is 0.453 e. The number of ether oxygens (including phenoxy) is 1. The van der Waals surface area contributed by atoms with Crippen LogP contribution in [0.4, 0.5) is 4.79 Å². The van der Waals surface area contributed by atoms with Crippen LogP contribution in [0.15, 0.2) is 29.1 Å². The van der Waals surface area contributed by atoms with Crippen LogP contribution in [0.25, 0.3) is 10.9 Å². The SMILES string of the molecule is C[C@H](OC(=O)CN1C(=O)NC2(CCCC2)C1=O)c1nc2ccccc2c(=O)[nH]1. The van der Waals surface area contributed by atoms with Gasteiger partial charge in [0.25, 0.3) is 11.5 Å². The minimum Gasteiger partial charge on any atom is -0.453 e. The van der Waals surface area contributed by atoms with E-state index in [0.717, 1.165) is 17.7 Å². The Morgan fingerprint density at radius 2 is 1.96 bits per heavy atom. The van der Waals surface area contributed by atoms with E-state index in [0.29, 0.717) is 23.7 Å². The standard InChI is InChI=1S/C19H20N4O5/c1-11(15-20-13-7-3-2-6-12(13)16(25)21-15)28-14(24)10-23-17(26)19(22-18(23)27)8-4-5-9-19/h2-3,6-7,11H,4-5,8-10H2,1H3,(H,22,27)(H,20,21,25)/t11-/m0/s1. The summed E-state index contributed by atoms with van der Waals surface area (Å²) in [5, 5.41) is 3.15. The molecule has 28 heavy (non-hydrogen) atoms. The summed E-state index contributed by atoms with van der Waals surface area (Å²) in [6.45, 7) is 1.09. The lowest BCUT2D eigenvalue weighted by Gasteiger charge is -2.20. The fourth-order valence-corrected chi connectivity index (χ4v) is 3.85. The molecule has 2 N–H and O–H groups in total. The number of aromatic amines is 1. The third-order valence-corrected chi connectivity index (χ3v) is 5.31. The third-order valence-electron chi connectivity index (χ3n) is 5.31. The summed E-state index contributed by atoms with van der Waals surface area (Å²) in [6.07, 6.45) is 2.06. The highest BCUT2D eigenvalue weighted by Crippen LogP contribution is 2.35. The van der Waals surface area contributed by atoms with Crippen molar-refractivity contribution in [1.29, 1.82) is 0 Å². The number of amides is 3. The molecule has 9 heteroatoms. The summed E-state index contributed by atoms with van der Waals surface area (Å²) in [4.78, 5) is 57.0. The van der Waals surface area contributed by atoms with Crippen LogP contribution in [0.5, 0.6) is 0 Å². The van der Waals surface area contributed by atoms with Crippen LogP contribution in [0.1, 0.15) is 44.5 Å². The number of para-hydroxylation sites is 1. The van der Waals surface area contributed by atoms with Gasteiger partial charge >= 0.3 is 12.0 Å². The average molecular weight is 384 g/mol. The molecule has 1 aromatic heterocycles. The normalized spacial score (nSPS) is 19.2. The predicted molar refractivity (Wildman–Crippen MR) is 98.3 cm³/mol. The van der Waals surface area contributed by atoms with Gasteiger partial charge in [0.1, 0.15) is 12.1 Å². The summed E-state index contributed by atoms with van der Waals surface area (Å²) in [6, 6.07) is 6.26. The van der Waals surface area contributed by atoms with Gasteiger partial charge in [0.15, 0.2) is 11.9 Å². The molecule has 9 nitrogen and oxygen atoms in total. The molecule has 1 atom stereocenters. The maximum absolute atomic E-state index is 12.6. The molecular weight excluding hydrogens is 364 g/mol. The van der Waals surface area contributed by atoms with E-state index in [1.165, 1.54) is 0 Å². The van der Waals surface area contributed by atoms with E-state index < -0.39 is 30.2 Å². The molecule has 0 bridgehead atoms. The Morgan fingerprint density at radius 3 is 2.71 bits per heavy atom. The van der Waals surface area contributed by atoms with E-state index >= 15 is 0 Å². The first-order chi connectivity index (χ1) is 13.4. The summed E-state index contributed by atoms with van der Waals surface area (Å²) in [7, 11) is 0. The molecule has 2 fully saturated rings. The first kappa shape index (κ1) is 18.1. The van der Waals surface area contributed by atoms with Gasteiger partial charge in [-0.15, -0.1) is 0 Å². The van der Waals surface area contributed by atoms with Gasteiger partial charge in [-0.1, -0.05) is 25.0 Å². The number of benzene rings is 1. The first-order valence-electron chi connectivity index (χ1n) is 9.22. The van der Waals surface area contributed by atoms with Gasteiger partial charge in [0.05, 0.1) is 10.9 Å². The fraction of sp³-hybridized carbons (Fsp3) is 0.421. The van der Waals surface area contributed by atoms with Gasteiger partial charge in [-0.3, -0.25) is 19.3 Å². The van der Waals surface area contributed by atoms with Crippen LogP contribution >= 0.6 is 0 Å². The zero-order valence-corrected chi connectivity index (χ0v) is 15.4. The van der Waals surface area contributed by atoms with E-state index in [1.807, 2.05) is 0 Å². The van der Waals surface area contributed by atoms with Crippen LogP contribution in [0.2, 0.25) is 0 Å². The topological polar surface area (TPSA) is 121 Å². The number of nitrogens with one attached hydrogen (secondary N) is 2. The first-order valence-corrected chi connectivity index (χ1v) is 9.22. The molecule has 0 radical (unpaired) electrons. The van der Waals surface area contributed by atoms with Gasteiger partial charge in [-0.2, -0.15) is 0 Å². The molecule has 1 spiro atoms. The Balaban J connectivity index is 1.46. The monoisotopic (exact) mass is 384 g/mol. The third kappa shape index (κ3) is 3.02. The predicted octanol–water partition coefficient (Wildman–Crippen LogP) is 1.39. The molecular formula is C19H20N4O5. The number of carbonyl (C=O) groups is 3. The molecule has 2 aromatic rings. The fourth-order valence-electron chi connectivity index (χ4n) is 3.85. The van der Waals surface area contributed by atoms with E-state index in [-0.39, 0.29) is 17.3 Å². The van der Waals surface area contributed by atoms with Crippen LogP contribution in [-0.2, 0) is 14.3 Å². The number of urea groups is 1. The van der Waals surface area contributed by atoms with Crippen molar-refractivity contribution in [2.75, 3.05) is 6.54 Å². The van der Waals surface area contributed by atoms with Crippen molar-refractivity contribution < 1.29 is 19.1 Å². The van der Waals surface area contributed by atoms with Crippen LogP contribution in [-0.4, -0.2) is 44.9 Å². The number of esters is 1. The molecule has 1 aliphatic heterocycles. The van der Waals surface area contributed by atoms with Gasteiger partial charge < -0.3 is 15.0 Å². The lowest BCUT2D eigenvalue weighted by molar-refractivity contribution is -0.152. The molecule has 146 valence electrons. The van der Waals surface area contributed by atoms with Crippen molar-refractivity contribution in [2.45, 2.75) is 44.2 Å². The second-order valence-electron chi connectivity index (χ2n) is 7.21. The van der Waals surface area contributed by atoms with Crippen molar-refractivity contribution in [3.05, 3.63) is 40.4 Å². The summed E-state index contributed by atoms with van der Waals surface area (Å²) in [5.74, 6) is -0.930. The number of rotatable bonds is 4. The van der Waals surface area contributed by atoms with Crippen molar-refractivity contribution in [1.82, 2.24) is 20.2 Å². The van der Waals surface area contributed by atoms with Crippen molar-refractivity contribution in [3.63, 3.8) is 0 Å². The molecule has 3 amide bonds. The van der Waals surface area contributed by atoms with Gasteiger partial charge in [0, 0.05) is 0 Å². The zero-order chi connectivity index (χ0) is 19.9. The van der Waals surface area contributed by atoms with Crippen molar-refractivity contribution in [2.24, 2.45) is 0 Å². The average Bonchev–Trinajstić information content (AvgIpc) is 3.22. The Bertz CT molecular complexity index is 1020. The summed E-state index contributed by atoms with van der Waals surface area (Å²) < 4.78 is 5.30. The number of carbonyl (C=O) groups excluding carboxylic acids is 3. The number of hydrogen-bond donors (Lipinski definition) is 2. The zero-order valence-electron chi connectivity index (χ0n) is 15.4. The maximum Gasteiger partial charge on any atom is 0.326 e. The highest BCUT2D eigenvalue weighted by molar-refractivity contribution is 6.08. The van der Waals surface area contributed by atoms with Gasteiger partial charge in [-0.25, -0.2) is 9.78 Å². The quantitative estimate of drug-likeness (QED) is 0.607. The number of imide groups is 1. The van der Waals surface area contributed by atoms with Gasteiger partial charge in [0.2, 0.25) is 0 Å². The second kappa shape index (κ2) is 6.74. The number of nitrogens with zero attached hydrogens (tertiary/aromatic N) is 2. The van der Waals surface area contributed by atoms with Crippen LogP contribution in [0.3, 0.4) is 0 Å². The minimum atomic E-state index is -0.867. The molecule has 1 saturated carbocycles.